The van der Waals surface area contributed by atoms with Crippen LogP contribution in [0.2, 0.25) is 0 Å². The zero-order chi connectivity index (χ0) is 9.03. The molecule has 0 aliphatic heterocycles. The van der Waals surface area contributed by atoms with Gasteiger partial charge in [-0.25, -0.2) is 0 Å². The third-order valence-corrected chi connectivity index (χ3v) is 1.66. The fourth-order valence-electron chi connectivity index (χ4n) is 0.833. The Morgan fingerprint density at radius 3 is 2.92 bits per heavy atom. The molecule has 3 heteroatoms. The number of H-pyrrole nitrogens is 1. The second-order valence-corrected chi connectivity index (χ2v) is 3.29. The van der Waals surface area contributed by atoms with Crippen LogP contribution >= 0.6 is 0 Å². The second-order valence-electron chi connectivity index (χ2n) is 3.29. The standard InChI is InChI=1S/C9H13N3/c1-9(2,7-10)12-6-8-4-3-5-11-8/h3-5,11-12H,6H2,1-2H3. The number of aromatic nitrogens is 1. The summed E-state index contributed by atoms with van der Waals surface area (Å²) in [5, 5.41) is 11.8. The van der Waals surface area contributed by atoms with E-state index in [-0.39, 0.29) is 0 Å². The molecule has 1 aromatic rings. The molecule has 0 saturated carbocycles. The summed E-state index contributed by atoms with van der Waals surface area (Å²) in [7, 11) is 0. The van der Waals surface area contributed by atoms with E-state index in [9.17, 15) is 0 Å². The molecule has 1 aromatic heterocycles. The van der Waals surface area contributed by atoms with Crippen molar-refractivity contribution in [2.75, 3.05) is 0 Å². The summed E-state index contributed by atoms with van der Waals surface area (Å²) in [5.41, 5.74) is 0.642. The maximum atomic E-state index is 8.70. The van der Waals surface area contributed by atoms with Gasteiger partial charge < -0.3 is 4.98 Å². The Bertz CT molecular complexity index is 266. The van der Waals surface area contributed by atoms with Gasteiger partial charge in [-0.1, -0.05) is 0 Å². The fourth-order valence-corrected chi connectivity index (χ4v) is 0.833. The average Bonchev–Trinajstić information content (AvgIpc) is 2.53. The van der Waals surface area contributed by atoms with Crippen LogP contribution < -0.4 is 5.32 Å². The van der Waals surface area contributed by atoms with Gasteiger partial charge in [0.15, 0.2) is 0 Å². The molecule has 12 heavy (non-hydrogen) atoms. The lowest BCUT2D eigenvalue weighted by Gasteiger charge is -2.16. The molecule has 0 radical (unpaired) electrons. The summed E-state index contributed by atoms with van der Waals surface area (Å²) in [6.07, 6.45) is 1.87. The van der Waals surface area contributed by atoms with Crippen molar-refractivity contribution in [1.82, 2.24) is 10.3 Å². The van der Waals surface area contributed by atoms with Crippen LogP contribution in [-0.2, 0) is 6.54 Å². The molecule has 0 unspecified atom stereocenters. The monoisotopic (exact) mass is 163 g/mol. The normalized spacial score (nSPS) is 11.1. The summed E-state index contributed by atoms with van der Waals surface area (Å²) in [6, 6.07) is 6.11. The summed E-state index contributed by atoms with van der Waals surface area (Å²) in [6.45, 7) is 4.42. The summed E-state index contributed by atoms with van der Waals surface area (Å²) < 4.78 is 0. The number of rotatable bonds is 3. The van der Waals surface area contributed by atoms with Gasteiger partial charge in [0, 0.05) is 18.4 Å². The van der Waals surface area contributed by atoms with E-state index in [0.717, 1.165) is 5.69 Å². The number of hydrogen-bond acceptors (Lipinski definition) is 2. The van der Waals surface area contributed by atoms with Crippen LogP contribution in [0.3, 0.4) is 0 Å². The van der Waals surface area contributed by atoms with Crippen molar-refractivity contribution in [3.8, 4) is 6.07 Å². The number of aromatic amines is 1. The van der Waals surface area contributed by atoms with E-state index in [1.807, 2.05) is 32.2 Å². The van der Waals surface area contributed by atoms with Gasteiger partial charge >= 0.3 is 0 Å². The SMILES string of the molecule is CC(C)(C#N)NCc1ccc[nH]1. The van der Waals surface area contributed by atoms with Gasteiger partial charge in [-0.05, 0) is 26.0 Å². The van der Waals surface area contributed by atoms with Gasteiger partial charge in [0.2, 0.25) is 0 Å². The second kappa shape index (κ2) is 3.42. The molecule has 0 aliphatic carbocycles. The molecule has 2 N–H and O–H groups in total. The molecule has 0 saturated heterocycles. The van der Waals surface area contributed by atoms with Crippen LogP contribution in [0.5, 0.6) is 0 Å². The van der Waals surface area contributed by atoms with Crippen molar-refractivity contribution in [2.24, 2.45) is 0 Å². The lowest BCUT2D eigenvalue weighted by molar-refractivity contribution is 0.482. The third kappa shape index (κ3) is 2.40. The molecule has 0 aromatic carbocycles. The first-order valence-corrected chi connectivity index (χ1v) is 3.92. The van der Waals surface area contributed by atoms with Gasteiger partial charge in [-0.2, -0.15) is 5.26 Å². The third-order valence-electron chi connectivity index (χ3n) is 1.66. The van der Waals surface area contributed by atoms with Crippen LogP contribution in [0.25, 0.3) is 0 Å². The highest BCUT2D eigenvalue weighted by molar-refractivity contribution is 5.06. The fraction of sp³-hybridized carbons (Fsp3) is 0.444. The largest absolute Gasteiger partial charge is 0.364 e. The van der Waals surface area contributed by atoms with E-state index in [1.165, 1.54) is 0 Å². The summed E-state index contributed by atoms with van der Waals surface area (Å²) in [4.78, 5) is 3.06. The summed E-state index contributed by atoms with van der Waals surface area (Å²) >= 11 is 0. The Hall–Kier alpha value is -1.27. The van der Waals surface area contributed by atoms with Crippen LogP contribution in [0.1, 0.15) is 19.5 Å². The molecular weight excluding hydrogens is 150 g/mol. The van der Waals surface area contributed by atoms with Crippen molar-refractivity contribution in [1.29, 1.82) is 5.26 Å². The predicted octanol–water partition coefficient (Wildman–Crippen LogP) is 1.41. The van der Waals surface area contributed by atoms with Gasteiger partial charge in [0.1, 0.15) is 5.54 Å². The zero-order valence-electron chi connectivity index (χ0n) is 7.39. The van der Waals surface area contributed by atoms with E-state index in [2.05, 4.69) is 16.4 Å². The van der Waals surface area contributed by atoms with E-state index < -0.39 is 5.54 Å². The van der Waals surface area contributed by atoms with Gasteiger partial charge in [0.05, 0.1) is 6.07 Å². The first-order valence-electron chi connectivity index (χ1n) is 3.92. The molecule has 0 atom stereocenters. The average molecular weight is 163 g/mol. The van der Waals surface area contributed by atoms with Crippen molar-refractivity contribution >= 4 is 0 Å². The lowest BCUT2D eigenvalue weighted by atomic mass is 10.1. The molecule has 1 rings (SSSR count). The minimum Gasteiger partial charge on any atom is -0.364 e. The van der Waals surface area contributed by atoms with E-state index in [1.54, 1.807) is 0 Å². The van der Waals surface area contributed by atoms with Crippen molar-refractivity contribution in [2.45, 2.75) is 25.9 Å². The maximum Gasteiger partial charge on any atom is 0.101 e. The molecule has 0 amide bonds. The maximum absolute atomic E-state index is 8.70. The Balaban J connectivity index is 2.42. The molecule has 3 nitrogen and oxygen atoms in total. The van der Waals surface area contributed by atoms with Gasteiger partial charge in [-0.15, -0.1) is 0 Å². The Morgan fingerprint density at radius 1 is 1.67 bits per heavy atom. The number of nitriles is 1. The van der Waals surface area contributed by atoms with Crippen molar-refractivity contribution in [3.05, 3.63) is 24.0 Å². The molecule has 0 bridgehead atoms. The van der Waals surface area contributed by atoms with E-state index in [0.29, 0.717) is 6.54 Å². The highest BCUT2D eigenvalue weighted by atomic mass is 15.0. The lowest BCUT2D eigenvalue weighted by Crippen LogP contribution is -2.36. The van der Waals surface area contributed by atoms with Crippen molar-refractivity contribution in [3.63, 3.8) is 0 Å². The van der Waals surface area contributed by atoms with Gasteiger partial charge in [-0.3, -0.25) is 5.32 Å². The molecule has 64 valence electrons. The Kier molecular flexibility index (Phi) is 2.51. The predicted molar refractivity (Wildman–Crippen MR) is 47.3 cm³/mol. The van der Waals surface area contributed by atoms with E-state index in [4.69, 9.17) is 5.26 Å². The molecular formula is C9H13N3. The molecule has 0 spiro atoms. The smallest absolute Gasteiger partial charge is 0.101 e. The molecule has 1 heterocycles. The van der Waals surface area contributed by atoms with Crippen LogP contribution in [0.15, 0.2) is 18.3 Å². The molecule has 0 fully saturated rings. The minimum atomic E-state index is -0.453. The first kappa shape index (κ1) is 8.82. The highest BCUT2D eigenvalue weighted by Gasteiger charge is 2.14. The first-order chi connectivity index (χ1) is 5.64. The van der Waals surface area contributed by atoms with E-state index >= 15 is 0 Å². The quantitative estimate of drug-likeness (QED) is 0.707. The zero-order valence-corrected chi connectivity index (χ0v) is 7.39. The topological polar surface area (TPSA) is 51.6 Å². The Labute approximate surface area is 72.4 Å². The van der Waals surface area contributed by atoms with Crippen LogP contribution in [0.4, 0.5) is 0 Å². The van der Waals surface area contributed by atoms with Crippen LogP contribution in [-0.4, -0.2) is 10.5 Å². The van der Waals surface area contributed by atoms with Gasteiger partial charge in [0.25, 0.3) is 0 Å². The van der Waals surface area contributed by atoms with Crippen molar-refractivity contribution < 1.29 is 0 Å². The molecule has 0 aliphatic rings. The Morgan fingerprint density at radius 2 is 2.42 bits per heavy atom. The van der Waals surface area contributed by atoms with Crippen LogP contribution in [0, 0.1) is 11.3 Å². The number of hydrogen-bond donors (Lipinski definition) is 2. The minimum absolute atomic E-state index is 0.453. The number of nitrogens with zero attached hydrogens (tertiary/aromatic N) is 1. The highest BCUT2D eigenvalue weighted by Crippen LogP contribution is 2.01. The summed E-state index contributed by atoms with van der Waals surface area (Å²) in [5.74, 6) is 0. The number of nitrogens with one attached hydrogen (secondary N) is 2.